The number of phosphoric ester groups is 3. The molecule has 3 heterocycles. The first-order valence-corrected chi connectivity index (χ1v) is 27.9. The second-order valence-electron chi connectivity index (χ2n) is 16.9. The number of hydrogen-bond acceptors (Lipinski definition) is 22. The number of carbonyl (C=O) groups excluding carboxylic acids is 3. The molecule has 1 saturated heterocycles. The first-order valence-electron chi connectivity index (χ1n) is 22.5. The van der Waals surface area contributed by atoms with E-state index in [2.05, 4.69) is 50.4 Å². The van der Waals surface area contributed by atoms with Gasteiger partial charge >= 0.3 is 0 Å². The molecule has 24 nitrogen and oxygen atoms in total. The van der Waals surface area contributed by atoms with Crippen LogP contribution in [0.4, 0.5) is 5.82 Å². The predicted octanol–water partition coefficient (Wildman–Crippen LogP) is 2.40. The van der Waals surface area contributed by atoms with Crippen molar-refractivity contribution < 1.29 is 80.5 Å². The van der Waals surface area contributed by atoms with Crippen LogP contribution in [0.15, 0.2) is 12.7 Å². The molecule has 0 radical (unpaired) electrons. The van der Waals surface area contributed by atoms with Gasteiger partial charge in [-0.25, -0.2) is 19.3 Å². The SMILES string of the molecule is CCCCCCCCCCCCCCCCCC(=O)SCCNC(=O)CCNC(=O)C(O)C(C)(C)COP(=O)([O-])OP(=O)([O-])OCC1OC(n2cnc3c(N)ncnc32)C(O)C1OP(=O)([O-])[O-]. The second-order valence-corrected chi connectivity index (χ2v) is 22.1. The molecule has 28 heteroatoms. The van der Waals surface area contributed by atoms with Gasteiger partial charge in [-0.1, -0.05) is 122 Å². The molecular weight excluding hydrogens is 963 g/mol. The molecule has 384 valence electrons. The van der Waals surface area contributed by atoms with Crippen LogP contribution in [-0.2, 0) is 50.7 Å². The summed E-state index contributed by atoms with van der Waals surface area (Å²) in [6, 6.07) is 0. The predicted molar refractivity (Wildman–Crippen MR) is 238 cm³/mol. The van der Waals surface area contributed by atoms with E-state index in [1.54, 1.807) is 0 Å². The van der Waals surface area contributed by atoms with Crippen molar-refractivity contribution in [3.8, 4) is 0 Å². The Morgan fingerprint density at radius 3 is 2.04 bits per heavy atom. The summed E-state index contributed by atoms with van der Waals surface area (Å²) in [6.45, 7) is 2.42. The van der Waals surface area contributed by atoms with Crippen molar-refractivity contribution >= 4 is 69.1 Å². The van der Waals surface area contributed by atoms with Gasteiger partial charge in [0.15, 0.2) is 22.8 Å². The number of aromatic nitrogens is 4. The lowest BCUT2D eigenvalue weighted by atomic mass is 9.87. The number of imidazole rings is 1. The Balaban J connectivity index is 1.30. The molecule has 2 amide bonds. The number of amides is 2. The number of rotatable bonds is 35. The van der Waals surface area contributed by atoms with Gasteiger partial charge in [0.1, 0.15) is 36.3 Å². The van der Waals surface area contributed by atoms with E-state index in [4.69, 9.17) is 10.5 Å². The standard InChI is InChI=1S/C39H70N7O17P3S/c1-4-5-6-7-8-9-10-11-12-13-14-15-16-17-18-19-30(48)67-23-22-41-29(47)20-21-42-37(51)34(50)39(2,3)25-60-66(57,58)63-65(55,56)59-24-28-33(62-64(52,53)54)32(49)38(61-28)46-27-45-31-35(40)43-26-44-36(31)46/h26-28,32-34,38,49-50H,4-25H2,1-3H3,(H,41,47)(H,42,51)(H,55,56)(H,57,58)(H2,40,43,44)(H2,52,53,54)/p-4. The van der Waals surface area contributed by atoms with Crippen LogP contribution in [0.5, 0.6) is 0 Å². The van der Waals surface area contributed by atoms with Crippen LogP contribution in [0, 0.1) is 5.41 Å². The molecule has 3 rings (SSSR count). The van der Waals surface area contributed by atoms with E-state index in [0.717, 1.165) is 48.2 Å². The first kappa shape index (κ1) is 58.9. The van der Waals surface area contributed by atoms with Crippen molar-refractivity contribution in [3.05, 3.63) is 12.7 Å². The van der Waals surface area contributed by atoms with Crippen molar-refractivity contribution in [1.29, 1.82) is 0 Å². The number of fused-ring (bicyclic) bond motifs is 1. The van der Waals surface area contributed by atoms with Crippen LogP contribution in [-0.4, -0.2) is 103 Å². The van der Waals surface area contributed by atoms with Gasteiger partial charge < -0.3 is 69.0 Å². The summed E-state index contributed by atoms with van der Waals surface area (Å²) >= 11 is 1.15. The number of phosphoric acid groups is 3. The molecule has 1 fully saturated rings. The fourth-order valence-corrected chi connectivity index (χ4v) is 10.4. The van der Waals surface area contributed by atoms with Gasteiger partial charge in [-0.2, -0.15) is 0 Å². The number of carbonyl (C=O) groups is 3. The van der Waals surface area contributed by atoms with Crippen LogP contribution in [0.25, 0.3) is 11.2 Å². The maximum atomic E-state index is 12.6. The second kappa shape index (κ2) is 29.0. The minimum Gasteiger partial charge on any atom is -0.790 e. The highest BCUT2D eigenvalue weighted by Crippen LogP contribution is 2.56. The van der Waals surface area contributed by atoms with Gasteiger partial charge in [0.25, 0.3) is 15.6 Å². The molecule has 7 unspecified atom stereocenters. The molecule has 2 aromatic heterocycles. The Morgan fingerprint density at radius 2 is 1.45 bits per heavy atom. The van der Waals surface area contributed by atoms with E-state index in [0.29, 0.717) is 12.2 Å². The largest absolute Gasteiger partial charge is 0.790 e. The number of hydrogen-bond donors (Lipinski definition) is 5. The minimum absolute atomic E-state index is 0.0179. The third kappa shape index (κ3) is 22.0. The number of aliphatic hydroxyl groups is 2. The average Bonchev–Trinajstić information content (AvgIpc) is 3.81. The van der Waals surface area contributed by atoms with Crippen LogP contribution < -0.4 is 35.9 Å². The van der Waals surface area contributed by atoms with Gasteiger partial charge in [0, 0.05) is 37.1 Å². The molecule has 6 N–H and O–H groups in total. The van der Waals surface area contributed by atoms with Crippen molar-refractivity contribution in [2.45, 2.75) is 161 Å². The molecule has 1 aliphatic heterocycles. The van der Waals surface area contributed by atoms with Crippen molar-refractivity contribution in [1.82, 2.24) is 30.2 Å². The lowest BCUT2D eigenvalue weighted by Gasteiger charge is -2.36. The molecule has 0 aromatic carbocycles. The number of ether oxygens (including phenoxy) is 1. The van der Waals surface area contributed by atoms with E-state index < -0.39 is 84.6 Å². The Hall–Kier alpha value is -2.44. The third-order valence-electron chi connectivity index (χ3n) is 10.7. The highest BCUT2D eigenvalue weighted by Gasteiger charge is 2.47. The highest BCUT2D eigenvalue weighted by molar-refractivity contribution is 8.13. The summed E-state index contributed by atoms with van der Waals surface area (Å²) < 4.78 is 60.8. The third-order valence-corrected chi connectivity index (χ3v) is 14.7. The number of nitrogen functional groups attached to an aromatic ring is 1. The highest BCUT2D eigenvalue weighted by atomic mass is 32.2. The van der Waals surface area contributed by atoms with Crippen LogP contribution in [0.1, 0.15) is 136 Å². The van der Waals surface area contributed by atoms with E-state index in [1.165, 1.54) is 90.9 Å². The summed E-state index contributed by atoms with van der Waals surface area (Å²) in [4.78, 5) is 96.8. The molecule has 0 aliphatic carbocycles. The maximum absolute atomic E-state index is 12.6. The van der Waals surface area contributed by atoms with E-state index in [9.17, 15) is 57.9 Å². The molecule has 2 aromatic rings. The summed E-state index contributed by atoms with van der Waals surface area (Å²) in [5.41, 5.74) is 4.10. The zero-order valence-electron chi connectivity index (χ0n) is 38.2. The van der Waals surface area contributed by atoms with Crippen molar-refractivity contribution in [3.63, 3.8) is 0 Å². The summed E-state index contributed by atoms with van der Waals surface area (Å²) in [7, 11) is -17.6. The van der Waals surface area contributed by atoms with Gasteiger partial charge in [-0.15, -0.1) is 0 Å². The molecule has 0 bridgehead atoms. The zero-order chi connectivity index (χ0) is 49.7. The van der Waals surface area contributed by atoms with E-state index >= 15 is 0 Å². The van der Waals surface area contributed by atoms with Crippen molar-refractivity contribution in [2.75, 3.05) is 37.8 Å². The number of aliphatic hydroxyl groups excluding tert-OH is 2. The van der Waals surface area contributed by atoms with Gasteiger partial charge in [0.2, 0.25) is 11.8 Å². The van der Waals surface area contributed by atoms with Crippen LogP contribution >= 0.6 is 35.2 Å². The molecule has 67 heavy (non-hydrogen) atoms. The molecule has 0 saturated carbocycles. The number of thioether (sulfide) groups is 1. The summed E-state index contributed by atoms with van der Waals surface area (Å²) in [5, 5.41) is 26.5. The number of nitrogens with two attached hydrogens (primary N) is 1. The monoisotopic (exact) mass is 1030 g/mol. The van der Waals surface area contributed by atoms with Crippen LogP contribution in [0.2, 0.25) is 0 Å². The van der Waals surface area contributed by atoms with Gasteiger partial charge in [-0.3, -0.25) is 28.1 Å². The lowest BCUT2D eigenvalue weighted by molar-refractivity contribution is -0.347. The summed E-state index contributed by atoms with van der Waals surface area (Å²) in [5.74, 6) is -1.12. The normalized spacial score (nSPS) is 20.1. The average molecular weight is 1030 g/mol. The maximum Gasteiger partial charge on any atom is 0.274 e. The minimum atomic E-state index is -5.92. The molecule has 1 aliphatic rings. The van der Waals surface area contributed by atoms with Crippen molar-refractivity contribution in [2.24, 2.45) is 5.41 Å². The number of unbranched alkanes of at least 4 members (excludes halogenated alkanes) is 14. The Morgan fingerprint density at radius 1 is 0.866 bits per heavy atom. The smallest absolute Gasteiger partial charge is 0.274 e. The fraction of sp³-hybridized carbons (Fsp3) is 0.795. The van der Waals surface area contributed by atoms with Gasteiger partial charge in [-0.05, 0) is 6.42 Å². The first-order chi connectivity index (χ1) is 31.6. The number of nitrogens with one attached hydrogen (secondary N) is 2. The topological polar surface area (TPSA) is 375 Å². The quantitative estimate of drug-likeness (QED) is 0.0489. The van der Waals surface area contributed by atoms with E-state index in [-0.39, 0.29) is 41.6 Å². The molecule has 0 spiro atoms. The molecule has 7 atom stereocenters. The molecular formula is C39H66N7O17P3S-4. The zero-order valence-corrected chi connectivity index (χ0v) is 41.7. The fourth-order valence-electron chi connectivity index (χ4n) is 6.99. The Bertz CT molecular complexity index is 2000. The lowest BCUT2D eigenvalue weighted by Crippen LogP contribution is -2.46. The van der Waals surface area contributed by atoms with Gasteiger partial charge in [0.05, 0.1) is 27.4 Å². The summed E-state index contributed by atoms with van der Waals surface area (Å²) in [6.07, 6.45) is 11.6. The Kier molecular flexibility index (Phi) is 25.5. The van der Waals surface area contributed by atoms with E-state index in [1.807, 2.05) is 0 Å². The van der Waals surface area contributed by atoms with Crippen LogP contribution in [0.3, 0.4) is 0 Å². The number of nitrogens with zero attached hydrogens (tertiary/aromatic N) is 4. The number of anilines is 1. The Labute approximate surface area is 395 Å².